The van der Waals surface area contributed by atoms with Crippen molar-refractivity contribution in [3.8, 4) is 10.4 Å². The molecule has 4 heteroatoms. The molecule has 20 heavy (non-hydrogen) atoms. The molecule has 0 amide bonds. The molecule has 0 spiro atoms. The summed E-state index contributed by atoms with van der Waals surface area (Å²) >= 11 is 1.81. The molecule has 3 rings (SSSR count). The van der Waals surface area contributed by atoms with Crippen molar-refractivity contribution < 1.29 is 0 Å². The van der Waals surface area contributed by atoms with Gasteiger partial charge in [0.05, 0.1) is 0 Å². The average molecular weight is 288 g/mol. The molecule has 0 aromatic carbocycles. The minimum atomic E-state index is 0.0425. The summed E-state index contributed by atoms with van der Waals surface area (Å²) in [6.07, 6.45) is 3.40. The molecule has 3 nitrogen and oxygen atoms in total. The molecule has 106 valence electrons. The highest BCUT2D eigenvalue weighted by Gasteiger charge is 2.20. The monoisotopic (exact) mass is 288 g/mol. The Balaban J connectivity index is 1.86. The molecule has 1 saturated carbocycles. The van der Waals surface area contributed by atoms with E-state index >= 15 is 0 Å². The van der Waals surface area contributed by atoms with Crippen LogP contribution < -0.4 is 10.9 Å². The van der Waals surface area contributed by atoms with E-state index in [4.69, 9.17) is 0 Å². The summed E-state index contributed by atoms with van der Waals surface area (Å²) in [7, 11) is 0. The molecule has 0 aliphatic heterocycles. The topological polar surface area (TPSA) is 44.9 Å². The van der Waals surface area contributed by atoms with Crippen molar-refractivity contribution in [3.05, 3.63) is 44.7 Å². The SMILES string of the molecule is CCc1cc(-c2ccc(CNC3CC3)s2)c(C)[nH]c1=O. The quantitative estimate of drug-likeness (QED) is 0.887. The second kappa shape index (κ2) is 5.54. The molecule has 1 fully saturated rings. The molecule has 1 aliphatic carbocycles. The zero-order valence-electron chi connectivity index (χ0n) is 12.0. The number of thiophene rings is 1. The molecule has 0 atom stereocenters. The van der Waals surface area contributed by atoms with Crippen molar-refractivity contribution in [1.29, 1.82) is 0 Å². The van der Waals surface area contributed by atoms with Crippen molar-refractivity contribution in [1.82, 2.24) is 10.3 Å². The van der Waals surface area contributed by atoms with Gasteiger partial charge in [0.15, 0.2) is 0 Å². The van der Waals surface area contributed by atoms with Crippen LogP contribution in [0.2, 0.25) is 0 Å². The van der Waals surface area contributed by atoms with Gasteiger partial charge in [0.25, 0.3) is 5.56 Å². The van der Waals surface area contributed by atoms with E-state index in [2.05, 4.69) is 22.4 Å². The van der Waals surface area contributed by atoms with Gasteiger partial charge in [-0.2, -0.15) is 0 Å². The zero-order chi connectivity index (χ0) is 14.1. The molecule has 2 aromatic rings. The molecule has 0 unspecified atom stereocenters. The Kier molecular flexibility index (Phi) is 3.76. The summed E-state index contributed by atoms with van der Waals surface area (Å²) in [5, 5.41) is 3.54. The van der Waals surface area contributed by atoms with Crippen LogP contribution in [0.5, 0.6) is 0 Å². The molecule has 2 heterocycles. The lowest BCUT2D eigenvalue weighted by atomic mass is 10.1. The Morgan fingerprint density at radius 1 is 1.40 bits per heavy atom. The van der Waals surface area contributed by atoms with Gasteiger partial charge in [0.2, 0.25) is 0 Å². The van der Waals surface area contributed by atoms with E-state index in [9.17, 15) is 4.79 Å². The Labute approximate surface area is 123 Å². The number of pyridine rings is 1. The molecule has 2 N–H and O–H groups in total. The molecule has 2 aromatic heterocycles. The third-order valence-corrected chi connectivity index (χ3v) is 4.88. The molecule has 0 radical (unpaired) electrons. The molecular formula is C16H20N2OS. The van der Waals surface area contributed by atoms with Crippen LogP contribution in [0.1, 0.15) is 35.9 Å². The number of aryl methyl sites for hydroxylation is 2. The van der Waals surface area contributed by atoms with E-state index < -0.39 is 0 Å². The molecule has 1 aliphatic rings. The van der Waals surface area contributed by atoms with Gasteiger partial charge in [-0.05, 0) is 44.4 Å². The standard InChI is InChI=1S/C16H20N2OS/c1-3-11-8-14(10(2)18-16(11)19)15-7-6-13(20-15)9-17-12-4-5-12/h6-8,12,17H,3-5,9H2,1-2H3,(H,18,19). The largest absolute Gasteiger partial charge is 0.326 e. The first-order chi connectivity index (χ1) is 9.67. The Hall–Kier alpha value is -1.39. The maximum absolute atomic E-state index is 11.8. The van der Waals surface area contributed by atoms with Crippen LogP contribution in [0, 0.1) is 6.92 Å². The molecule has 0 bridgehead atoms. The summed E-state index contributed by atoms with van der Waals surface area (Å²) in [6.45, 7) is 4.94. The summed E-state index contributed by atoms with van der Waals surface area (Å²) < 4.78 is 0. The number of nitrogens with one attached hydrogen (secondary N) is 2. The van der Waals surface area contributed by atoms with Crippen molar-refractivity contribution in [2.24, 2.45) is 0 Å². The van der Waals surface area contributed by atoms with Crippen molar-refractivity contribution in [2.45, 2.75) is 45.7 Å². The maximum Gasteiger partial charge on any atom is 0.251 e. The van der Waals surface area contributed by atoms with Crippen molar-refractivity contribution >= 4 is 11.3 Å². The van der Waals surface area contributed by atoms with Crippen LogP contribution in [-0.4, -0.2) is 11.0 Å². The minimum Gasteiger partial charge on any atom is -0.326 e. The normalized spacial score (nSPS) is 14.7. The van der Waals surface area contributed by atoms with Gasteiger partial charge in [0.1, 0.15) is 0 Å². The Bertz CT molecular complexity index is 667. The highest BCUT2D eigenvalue weighted by atomic mass is 32.1. The van der Waals surface area contributed by atoms with Crippen LogP contribution in [0.3, 0.4) is 0 Å². The van der Waals surface area contributed by atoms with E-state index in [-0.39, 0.29) is 5.56 Å². The smallest absolute Gasteiger partial charge is 0.251 e. The maximum atomic E-state index is 11.8. The van der Waals surface area contributed by atoms with Gasteiger partial charge in [-0.15, -0.1) is 11.3 Å². The number of aromatic nitrogens is 1. The first kappa shape index (κ1) is 13.6. The van der Waals surface area contributed by atoms with E-state index in [0.29, 0.717) is 0 Å². The third kappa shape index (κ3) is 2.86. The summed E-state index contributed by atoms with van der Waals surface area (Å²) in [4.78, 5) is 17.3. The van der Waals surface area contributed by atoms with E-state index in [1.54, 1.807) is 0 Å². The van der Waals surface area contributed by atoms with E-state index in [0.717, 1.165) is 35.8 Å². The van der Waals surface area contributed by atoms with Crippen LogP contribution in [0.4, 0.5) is 0 Å². The fourth-order valence-corrected chi connectivity index (χ4v) is 3.37. The minimum absolute atomic E-state index is 0.0425. The summed E-state index contributed by atoms with van der Waals surface area (Å²) in [5.41, 5.74) is 3.01. The van der Waals surface area contributed by atoms with E-state index in [1.807, 2.05) is 31.3 Å². The van der Waals surface area contributed by atoms with Gasteiger partial charge in [-0.1, -0.05) is 6.92 Å². The molecule has 0 saturated heterocycles. The van der Waals surface area contributed by atoms with Gasteiger partial charge in [0, 0.05) is 39.2 Å². The Morgan fingerprint density at radius 2 is 2.20 bits per heavy atom. The van der Waals surface area contributed by atoms with Crippen molar-refractivity contribution in [2.75, 3.05) is 0 Å². The first-order valence-electron chi connectivity index (χ1n) is 7.22. The summed E-state index contributed by atoms with van der Waals surface area (Å²) in [5.74, 6) is 0. The van der Waals surface area contributed by atoms with Crippen LogP contribution >= 0.6 is 11.3 Å². The lowest BCUT2D eigenvalue weighted by molar-refractivity contribution is 0.695. The van der Waals surface area contributed by atoms with Crippen LogP contribution in [-0.2, 0) is 13.0 Å². The average Bonchev–Trinajstić information content (AvgIpc) is 3.15. The third-order valence-electron chi connectivity index (χ3n) is 3.77. The highest BCUT2D eigenvalue weighted by Crippen LogP contribution is 2.30. The second-order valence-corrected chi connectivity index (χ2v) is 6.61. The number of aromatic amines is 1. The van der Waals surface area contributed by atoms with Crippen LogP contribution in [0.25, 0.3) is 10.4 Å². The van der Waals surface area contributed by atoms with Gasteiger partial charge in [-0.3, -0.25) is 4.79 Å². The molecular weight excluding hydrogens is 268 g/mol. The van der Waals surface area contributed by atoms with E-state index in [1.165, 1.54) is 22.6 Å². The van der Waals surface area contributed by atoms with Gasteiger partial charge >= 0.3 is 0 Å². The first-order valence-corrected chi connectivity index (χ1v) is 8.04. The highest BCUT2D eigenvalue weighted by molar-refractivity contribution is 7.15. The fourth-order valence-electron chi connectivity index (χ4n) is 2.33. The van der Waals surface area contributed by atoms with Gasteiger partial charge in [-0.25, -0.2) is 0 Å². The second-order valence-electron chi connectivity index (χ2n) is 5.44. The zero-order valence-corrected chi connectivity index (χ0v) is 12.8. The predicted octanol–water partition coefficient (Wildman–Crippen LogP) is 3.23. The Morgan fingerprint density at radius 3 is 2.90 bits per heavy atom. The lowest BCUT2D eigenvalue weighted by Crippen LogP contribution is -2.14. The van der Waals surface area contributed by atoms with Gasteiger partial charge < -0.3 is 10.3 Å². The lowest BCUT2D eigenvalue weighted by Gasteiger charge is -2.05. The number of rotatable bonds is 5. The fraction of sp³-hybridized carbons (Fsp3) is 0.438. The number of hydrogen-bond donors (Lipinski definition) is 2. The predicted molar refractivity (Wildman–Crippen MR) is 84.4 cm³/mol. The summed E-state index contributed by atoms with van der Waals surface area (Å²) in [6, 6.07) is 7.13. The van der Waals surface area contributed by atoms with Crippen LogP contribution in [0.15, 0.2) is 23.0 Å². The number of hydrogen-bond acceptors (Lipinski definition) is 3. The number of H-pyrrole nitrogens is 1. The van der Waals surface area contributed by atoms with Crippen molar-refractivity contribution in [3.63, 3.8) is 0 Å².